The number of ether oxygens (including phenoxy) is 3. The Morgan fingerprint density at radius 3 is 2.94 bits per heavy atom. The summed E-state index contributed by atoms with van der Waals surface area (Å²) in [5, 5.41) is 3.16. The number of piperidine rings is 1. The highest BCUT2D eigenvalue weighted by atomic mass is 16.7. The number of carbonyl (C=O) groups excluding carboxylic acids is 1. The summed E-state index contributed by atoms with van der Waals surface area (Å²) in [7, 11) is 0. The van der Waals surface area contributed by atoms with Crippen molar-refractivity contribution in [2.24, 2.45) is 0 Å². The molecule has 0 aliphatic carbocycles. The van der Waals surface area contributed by atoms with Gasteiger partial charge in [-0.15, -0.1) is 0 Å². The van der Waals surface area contributed by atoms with E-state index in [1.54, 1.807) is 6.20 Å². The lowest BCUT2D eigenvalue weighted by Gasteiger charge is -2.31. The maximum atomic E-state index is 13.1. The highest BCUT2D eigenvalue weighted by Gasteiger charge is 2.28. The molecule has 0 bridgehead atoms. The van der Waals surface area contributed by atoms with Crippen LogP contribution >= 0.6 is 0 Å². The van der Waals surface area contributed by atoms with Gasteiger partial charge in [0, 0.05) is 25.3 Å². The first-order valence-corrected chi connectivity index (χ1v) is 11.4. The summed E-state index contributed by atoms with van der Waals surface area (Å²) in [6, 6.07) is 3.84. The smallest absolute Gasteiger partial charge is 0.255 e. The number of rotatable bonds is 7. The minimum Gasteiger partial charge on any atom is -0.493 e. The van der Waals surface area contributed by atoms with Crippen LogP contribution in [0.5, 0.6) is 17.2 Å². The van der Waals surface area contributed by atoms with Crippen molar-refractivity contribution >= 4 is 16.9 Å². The fraction of sp³-hybridized carbons (Fsp3) is 0.417. The number of hydrogen-bond acceptors (Lipinski definition) is 7. The molecule has 33 heavy (non-hydrogen) atoms. The molecule has 0 unspecified atom stereocenters. The number of benzene rings is 1. The summed E-state index contributed by atoms with van der Waals surface area (Å²) in [5.41, 5.74) is 3.01. The van der Waals surface area contributed by atoms with Gasteiger partial charge in [0.15, 0.2) is 11.5 Å². The van der Waals surface area contributed by atoms with E-state index in [0.29, 0.717) is 51.7 Å². The predicted molar refractivity (Wildman–Crippen MR) is 124 cm³/mol. The van der Waals surface area contributed by atoms with Crippen molar-refractivity contribution in [3.8, 4) is 28.5 Å². The van der Waals surface area contributed by atoms with E-state index < -0.39 is 0 Å². The van der Waals surface area contributed by atoms with Crippen molar-refractivity contribution in [2.45, 2.75) is 32.2 Å². The number of likely N-dealkylation sites (tertiary alicyclic amines) is 1. The van der Waals surface area contributed by atoms with Crippen LogP contribution in [-0.4, -0.2) is 64.8 Å². The number of carbonyl (C=O) groups is 1. The van der Waals surface area contributed by atoms with Crippen molar-refractivity contribution < 1.29 is 19.0 Å². The number of nitrogens with one attached hydrogen (secondary N) is 2. The van der Waals surface area contributed by atoms with Crippen LogP contribution in [-0.2, 0) is 0 Å². The van der Waals surface area contributed by atoms with Gasteiger partial charge in [-0.1, -0.05) is 6.92 Å². The van der Waals surface area contributed by atoms with Crippen LogP contribution in [0.3, 0.4) is 0 Å². The third-order valence-electron chi connectivity index (χ3n) is 6.15. The quantitative estimate of drug-likeness (QED) is 0.570. The molecular weight excluding hydrogens is 422 g/mol. The van der Waals surface area contributed by atoms with Gasteiger partial charge in [-0.05, 0) is 44.9 Å². The van der Waals surface area contributed by atoms with E-state index in [9.17, 15) is 4.79 Å². The molecule has 1 saturated heterocycles. The van der Waals surface area contributed by atoms with Gasteiger partial charge in [-0.3, -0.25) is 4.79 Å². The van der Waals surface area contributed by atoms with Crippen LogP contribution in [0.15, 0.2) is 24.7 Å². The minimum atomic E-state index is -0.140. The molecule has 9 nitrogen and oxygen atoms in total. The lowest BCUT2D eigenvalue weighted by atomic mass is 10.0. The van der Waals surface area contributed by atoms with E-state index in [2.05, 4.69) is 32.1 Å². The standard InChI is InChI=1S/C24H28N5O4/c1-3-11-31-17-5-6-18-23(33-14-32-18)19(17)21-22-20(26-13-27-21)16(12-25-22)24(30)28-15-7-9-29(4-2)10-8-15/h5-6,12-13,15,25H,2-4,7-11,14H2,1H3,(H,28,30). The zero-order chi connectivity index (χ0) is 22.8. The number of aromatic amines is 1. The molecule has 2 aliphatic heterocycles. The Bertz CT molecular complexity index is 1150. The van der Waals surface area contributed by atoms with Gasteiger partial charge in [0.2, 0.25) is 6.79 Å². The molecule has 1 aromatic carbocycles. The van der Waals surface area contributed by atoms with Crippen LogP contribution in [0.25, 0.3) is 22.3 Å². The van der Waals surface area contributed by atoms with E-state index in [0.717, 1.165) is 38.9 Å². The number of H-pyrrole nitrogens is 1. The topological polar surface area (TPSA) is 102 Å². The molecule has 1 amide bonds. The number of fused-ring (bicyclic) bond motifs is 2. The maximum absolute atomic E-state index is 13.1. The molecular formula is C24H28N5O4. The van der Waals surface area contributed by atoms with E-state index in [1.165, 1.54) is 6.33 Å². The first-order valence-electron chi connectivity index (χ1n) is 11.4. The third-order valence-corrected chi connectivity index (χ3v) is 6.15. The van der Waals surface area contributed by atoms with Crippen molar-refractivity contribution in [3.05, 3.63) is 37.1 Å². The average molecular weight is 451 g/mol. The second-order valence-corrected chi connectivity index (χ2v) is 8.26. The van der Waals surface area contributed by atoms with Crippen molar-refractivity contribution in [1.29, 1.82) is 0 Å². The van der Waals surface area contributed by atoms with Crippen LogP contribution in [0.4, 0.5) is 0 Å². The van der Waals surface area contributed by atoms with Crippen LogP contribution in [0, 0.1) is 6.92 Å². The highest BCUT2D eigenvalue weighted by molar-refractivity contribution is 6.08. The van der Waals surface area contributed by atoms with Gasteiger partial charge in [0.05, 0.1) is 23.3 Å². The number of amides is 1. The Balaban J connectivity index is 1.48. The van der Waals surface area contributed by atoms with E-state index in [4.69, 9.17) is 14.2 Å². The van der Waals surface area contributed by atoms with Crippen molar-refractivity contribution in [2.75, 3.05) is 33.0 Å². The van der Waals surface area contributed by atoms with Gasteiger partial charge in [-0.25, -0.2) is 9.97 Å². The zero-order valence-electron chi connectivity index (χ0n) is 18.7. The molecule has 0 saturated carbocycles. The molecule has 4 heterocycles. The predicted octanol–water partition coefficient (Wildman–Crippen LogP) is 3.17. The lowest BCUT2D eigenvalue weighted by molar-refractivity contribution is 0.0915. The second kappa shape index (κ2) is 9.27. The van der Waals surface area contributed by atoms with Crippen molar-refractivity contribution in [3.63, 3.8) is 0 Å². The molecule has 2 aliphatic rings. The summed E-state index contributed by atoms with van der Waals surface area (Å²) < 4.78 is 17.3. The Morgan fingerprint density at radius 2 is 2.15 bits per heavy atom. The highest BCUT2D eigenvalue weighted by Crippen LogP contribution is 2.47. The molecule has 5 rings (SSSR count). The fourth-order valence-electron chi connectivity index (χ4n) is 4.38. The van der Waals surface area contributed by atoms with Gasteiger partial charge >= 0.3 is 0 Å². The van der Waals surface area contributed by atoms with Crippen LogP contribution in [0.2, 0.25) is 0 Å². The normalized spacial score (nSPS) is 16.3. The van der Waals surface area contributed by atoms with E-state index >= 15 is 0 Å². The second-order valence-electron chi connectivity index (χ2n) is 8.26. The monoisotopic (exact) mass is 450 g/mol. The van der Waals surface area contributed by atoms with Gasteiger partial charge in [0.25, 0.3) is 5.91 Å². The summed E-state index contributed by atoms with van der Waals surface area (Å²) in [6.45, 7) is 9.37. The van der Waals surface area contributed by atoms with Gasteiger partial charge in [0.1, 0.15) is 23.3 Å². The fourth-order valence-corrected chi connectivity index (χ4v) is 4.38. The van der Waals surface area contributed by atoms with Crippen LogP contribution in [0.1, 0.15) is 36.5 Å². The number of nitrogens with zero attached hydrogens (tertiary/aromatic N) is 3. The molecule has 1 fully saturated rings. The summed E-state index contributed by atoms with van der Waals surface area (Å²) in [5.74, 6) is 1.73. The SMILES string of the molecule is [CH2]CN1CCC(NC(=O)c2c[nH]c3c(-c4c(OCCC)ccc5c4OCO5)ncnc23)CC1. The zero-order valence-corrected chi connectivity index (χ0v) is 18.7. The van der Waals surface area contributed by atoms with Gasteiger partial charge in [-0.2, -0.15) is 0 Å². The third kappa shape index (κ3) is 4.08. The first-order chi connectivity index (χ1) is 16.2. The Morgan fingerprint density at radius 1 is 1.30 bits per heavy atom. The minimum absolute atomic E-state index is 0.138. The number of hydrogen-bond donors (Lipinski definition) is 2. The summed E-state index contributed by atoms with van der Waals surface area (Å²) in [6.07, 6.45) is 5.85. The first kappa shape index (κ1) is 21.5. The molecule has 173 valence electrons. The molecule has 0 spiro atoms. The maximum Gasteiger partial charge on any atom is 0.255 e. The molecule has 2 N–H and O–H groups in total. The molecule has 1 radical (unpaired) electrons. The Kier molecular flexibility index (Phi) is 6.04. The molecule has 2 aromatic heterocycles. The summed E-state index contributed by atoms with van der Waals surface area (Å²) >= 11 is 0. The van der Waals surface area contributed by atoms with E-state index in [1.807, 2.05) is 19.1 Å². The largest absolute Gasteiger partial charge is 0.493 e. The summed E-state index contributed by atoms with van der Waals surface area (Å²) in [4.78, 5) is 27.5. The van der Waals surface area contributed by atoms with Crippen molar-refractivity contribution in [1.82, 2.24) is 25.2 Å². The number of aromatic nitrogens is 3. The molecule has 9 heteroatoms. The molecule has 0 atom stereocenters. The molecule has 3 aromatic rings. The average Bonchev–Trinajstić information content (AvgIpc) is 3.50. The van der Waals surface area contributed by atoms with E-state index in [-0.39, 0.29) is 18.7 Å². The van der Waals surface area contributed by atoms with Gasteiger partial charge < -0.3 is 29.4 Å². The van der Waals surface area contributed by atoms with Crippen LogP contribution < -0.4 is 19.5 Å². The lowest BCUT2D eigenvalue weighted by Crippen LogP contribution is -2.44. The Labute approximate surface area is 192 Å². The Hall–Kier alpha value is -3.33.